The number of hydrogen-bond donors (Lipinski definition) is 0. The van der Waals surface area contributed by atoms with E-state index in [9.17, 15) is 0 Å². The van der Waals surface area contributed by atoms with Gasteiger partial charge in [-0.05, 0) is 42.0 Å². The maximum Gasteiger partial charge on any atom is 0.0645 e. The molecule has 0 aliphatic heterocycles. The second-order valence-corrected chi connectivity index (χ2v) is 4.56. The molecular formula is C13H14N2. The van der Waals surface area contributed by atoms with Crippen LogP contribution in [0.5, 0.6) is 0 Å². The molecule has 2 aromatic rings. The van der Waals surface area contributed by atoms with Gasteiger partial charge in [0.1, 0.15) is 0 Å². The average Bonchev–Trinajstić information content (AvgIpc) is 2.84. The lowest BCUT2D eigenvalue weighted by molar-refractivity contribution is 0.785. The van der Waals surface area contributed by atoms with Crippen molar-refractivity contribution in [1.82, 2.24) is 9.78 Å². The zero-order chi connectivity index (χ0) is 10.3. The highest BCUT2D eigenvalue weighted by atomic mass is 15.3. The molecule has 0 amide bonds. The molecule has 0 saturated heterocycles. The summed E-state index contributed by atoms with van der Waals surface area (Å²) in [6, 6.07) is 10.7. The van der Waals surface area contributed by atoms with E-state index in [1.54, 1.807) is 6.20 Å². The fourth-order valence-corrected chi connectivity index (χ4v) is 1.91. The zero-order valence-corrected chi connectivity index (χ0v) is 8.85. The summed E-state index contributed by atoms with van der Waals surface area (Å²) >= 11 is 0. The molecule has 1 saturated carbocycles. The van der Waals surface area contributed by atoms with Gasteiger partial charge in [0.05, 0.1) is 5.69 Å². The molecular weight excluding hydrogens is 184 g/mol. The third-order valence-electron chi connectivity index (χ3n) is 3.33. The van der Waals surface area contributed by atoms with Gasteiger partial charge in [-0.15, -0.1) is 0 Å². The van der Waals surface area contributed by atoms with Crippen molar-refractivity contribution in [2.75, 3.05) is 0 Å². The van der Waals surface area contributed by atoms with E-state index >= 15 is 0 Å². The van der Waals surface area contributed by atoms with Crippen LogP contribution in [0.25, 0.3) is 5.69 Å². The van der Waals surface area contributed by atoms with Crippen LogP contribution in [0, 0.1) is 0 Å². The Morgan fingerprint density at radius 2 is 1.93 bits per heavy atom. The number of benzene rings is 1. The number of aromatic nitrogens is 2. The summed E-state index contributed by atoms with van der Waals surface area (Å²) in [5, 5.41) is 4.21. The number of rotatable bonds is 2. The lowest BCUT2D eigenvalue weighted by Gasteiger charge is -2.09. The van der Waals surface area contributed by atoms with Crippen molar-refractivity contribution in [2.24, 2.45) is 0 Å². The van der Waals surface area contributed by atoms with E-state index in [1.807, 2.05) is 16.9 Å². The van der Waals surface area contributed by atoms with Crippen LogP contribution in [0.4, 0.5) is 0 Å². The fourth-order valence-electron chi connectivity index (χ4n) is 1.91. The molecule has 76 valence electrons. The van der Waals surface area contributed by atoms with Crippen molar-refractivity contribution in [2.45, 2.75) is 25.2 Å². The van der Waals surface area contributed by atoms with E-state index in [0.29, 0.717) is 5.41 Å². The maximum absolute atomic E-state index is 4.21. The third kappa shape index (κ3) is 1.46. The van der Waals surface area contributed by atoms with Gasteiger partial charge in [0.2, 0.25) is 0 Å². The van der Waals surface area contributed by atoms with Crippen LogP contribution in [-0.2, 0) is 5.41 Å². The van der Waals surface area contributed by atoms with E-state index in [1.165, 1.54) is 18.4 Å². The molecule has 1 aromatic carbocycles. The second kappa shape index (κ2) is 2.96. The molecule has 2 heteroatoms. The molecule has 1 aliphatic rings. The molecule has 1 heterocycles. The van der Waals surface area contributed by atoms with E-state index in [2.05, 4.69) is 36.3 Å². The Labute approximate surface area is 89.5 Å². The molecule has 0 atom stereocenters. The topological polar surface area (TPSA) is 17.8 Å². The summed E-state index contributed by atoms with van der Waals surface area (Å²) in [5.41, 5.74) is 3.05. The third-order valence-corrected chi connectivity index (χ3v) is 3.33. The Hall–Kier alpha value is -1.57. The summed E-state index contributed by atoms with van der Waals surface area (Å²) < 4.78 is 1.89. The van der Waals surface area contributed by atoms with Gasteiger partial charge in [0.25, 0.3) is 0 Å². The SMILES string of the molecule is CC1(c2ccc(-n3cccn3)cc2)CC1. The highest BCUT2D eigenvalue weighted by molar-refractivity contribution is 5.38. The largest absolute Gasteiger partial charge is 0.241 e. The van der Waals surface area contributed by atoms with Gasteiger partial charge in [-0.25, -0.2) is 4.68 Å². The minimum atomic E-state index is 0.461. The first-order valence-corrected chi connectivity index (χ1v) is 5.39. The quantitative estimate of drug-likeness (QED) is 0.725. The van der Waals surface area contributed by atoms with Crippen molar-refractivity contribution < 1.29 is 0 Å². The van der Waals surface area contributed by atoms with Gasteiger partial charge in [-0.3, -0.25) is 0 Å². The standard InChI is InChI=1S/C13H14N2/c1-13(7-8-13)11-3-5-12(6-4-11)15-10-2-9-14-15/h2-6,9-10H,7-8H2,1H3. The van der Waals surface area contributed by atoms with Crippen LogP contribution in [-0.4, -0.2) is 9.78 Å². The fraction of sp³-hybridized carbons (Fsp3) is 0.308. The van der Waals surface area contributed by atoms with Crippen LogP contribution >= 0.6 is 0 Å². The van der Waals surface area contributed by atoms with Gasteiger partial charge in [-0.2, -0.15) is 5.10 Å². The van der Waals surface area contributed by atoms with Gasteiger partial charge < -0.3 is 0 Å². The van der Waals surface area contributed by atoms with E-state index < -0.39 is 0 Å². The van der Waals surface area contributed by atoms with Crippen LogP contribution < -0.4 is 0 Å². The van der Waals surface area contributed by atoms with E-state index in [4.69, 9.17) is 0 Å². The summed E-state index contributed by atoms with van der Waals surface area (Å²) in [4.78, 5) is 0. The van der Waals surface area contributed by atoms with Crippen molar-refractivity contribution in [3.63, 3.8) is 0 Å². The number of nitrogens with zero attached hydrogens (tertiary/aromatic N) is 2. The Bertz CT molecular complexity index is 450. The average molecular weight is 198 g/mol. The van der Waals surface area contributed by atoms with Crippen molar-refractivity contribution >= 4 is 0 Å². The van der Waals surface area contributed by atoms with E-state index in [0.717, 1.165) is 5.69 Å². The van der Waals surface area contributed by atoms with Crippen LogP contribution in [0.15, 0.2) is 42.7 Å². The Balaban J connectivity index is 1.94. The minimum Gasteiger partial charge on any atom is -0.241 e. The monoisotopic (exact) mass is 198 g/mol. The van der Waals surface area contributed by atoms with E-state index in [-0.39, 0.29) is 0 Å². The lowest BCUT2D eigenvalue weighted by Crippen LogP contribution is -2.00. The molecule has 0 unspecified atom stereocenters. The van der Waals surface area contributed by atoms with Gasteiger partial charge in [-0.1, -0.05) is 19.1 Å². The van der Waals surface area contributed by atoms with Gasteiger partial charge in [0, 0.05) is 12.4 Å². The van der Waals surface area contributed by atoms with Gasteiger partial charge >= 0.3 is 0 Å². The summed E-state index contributed by atoms with van der Waals surface area (Å²) in [7, 11) is 0. The molecule has 1 aromatic heterocycles. The van der Waals surface area contributed by atoms with Gasteiger partial charge in [0.15, 0.2) is 0 Å². The highest BCUT2D eigenvalue weighted by Crippen LogP contribution is 2.47. The highest BCUT2D eigenvalue weighted by Gasteiger charge is 2.38. The predicted octanol–water partition coefficient (Wildman–Crippen LogP) is 2.92. The Morgan fingerprint density at radius 1 is 1.20 bits per heavy atom. The van der Waals surface area contributed by atoms with Crippen molar-refractivity contribution in [3.05, 3.63) is 48.3 Å². The molecule has 0 spiro atoms. The summed E-state index contributed by atoms with van der Waals surface area (Å²) in [6.45, 7) is 2.33. The van der Waals surface area contributed by atoms with Crippen LogP contribution in [0.3, 0.4) is 0 Å². The summed E-state index contributed by atoms with van der Waals surface area (Å²) in [6.07, 6.45) is 6.42. The molecule has 3 rings (SSSR count). The Kier molecular flexibility index (Phi) is 1.72. The molecule has 1 fully saturated rings. The molecule has 0 radical (unpaired) electrons. The smallest absolute Gasteiger partial charge is 0.0645 e. The molecule has 15 heavy (non-hydrogen) atoms. The zero-order valence-electron chi connectivity index (χ0n) is 8.85. The first-order chi connectivity index (χ1) is 7.28. The lowest BCUT2D eigenvalue weighted by atomic mass is 9.98. The normalized spacial score (nSPS) is 17.7. The predicted molar refractivity (Wildman–Crippen MR) is 60.2 cm³/mol. The molecule has 1 aliphatic carbocycles. The minimum absolute atomic E-state index is 0.461. The number of hydrogen-bond acceptors (Lipinski definition) is 1. The maximum atomic E-state index is 4.21. The summed E-state index contributed by atoms with van der Waals surface area (Å²) in [5.74, 6) is 0. The molecule has 0 N–H and O–H groups in total. The Morgan fingerprint density at radius 3 is 2.47 bits per heavy atom. The van der Waals surface area contributed by atoms with Crippen LogP contribution in [0.2, 0.25) is 0 Å². The molecule has 0 bridgehead atoms. The van der Waals surface area contributed by atoms with Crippen LogP contribution in [0.1, 0.15) is 25.3 Å². The second-order valence-electron chi connectivity index (χ2n) is 4.56. The first kappa shape index (κ1) is 8.72. The van der Waals surface area contributed by atoms with Crippen molar-refractivity contribution in [1.29, 1.82) is 0 Å². The van der Waals surface area contributed by atoms with Crippen molar-refractivity contribution in [3.8, 4) is 5.69 Å². The first-order valence-electron chi connectivity index (χ1n) is 5.39. The molecule has 2 nitrogen and oxygen atoms in total.